The van der Waals surface area contributed by atoms with Gasteiger partial charge in [-0.2, -0.15) is 0 Å². The van der Waals surface area contributed by atoms with Gasteiger partial charge in [-0.1, -0.05) is 79.7 Å². The third-order valence-corrected chi connectivity index (χ3v) is 25.9. The van der Waals surface area contributed by atoms with Crippen LogP contribution < -0.4 is 28.4 Å². The van der Waals surface area contributed by atoms with Crippen LogP contribution in [-0.2, 0) is 76.4 Å². The molecule has 8 bridgehead atoms. The molecule has 0 aromatic heterocycles. The smallest absolute Gasteiger partial charge is 0.356 e. The molecule has 8 atom stereocenters. The first-order chi connectivity index (χ1) is 45.0. The standard InChI is InChI=1S/C74H76O22/c1-15-85-48(75)35-87-46-33-40-42(89-59(81)71-29-25-67(11,55(77)93-71)63(71,3)4)21-23-44(91-61(83)73-31-27-69(13,57(79)95-73)65(73,7)8)51(40)38-19-17-37-18-20-39-52-41(34-47(54(39)50(37)53(38)46)88-36-49(76)86-16-2)43(90-60(82)72-30-26-68(12,56(78)94-72)64(72,5)6)22-24-45(52)92-62(84)74-32-28-70(14,58(80)96-74)66(74,9)10/h17-24,33-34H,15-16,25-32,35-36H2,1-14H3/t67-,68-,69-,70-,71+,72+,73+,74+/m0/s1. The molecule has 0 amide bonds. The molecule has 14 rings (SSSR count). The highest BCUT2D eigenvalue weighted by atomic mass is 16.6. The molecule has 22 nitrogen and oxygen atoms in total. The van der Waals surface area contributed by atoms with Crippen molar-refractivity contribution < 1.29 is 105 Å². The van der Waals surface area contributed by atoms with E-state index in [1.54, 1.807) is 121 Å². The molecule has 4 heterocycles. The highest BCUT2D eigenvalue weighted by molar-refractivity contribution is 6.32. The van der Waals surface area contributed by atoms with Crippen LogP contribution in [0.4, 0.5) is 0 Å². The summed E-state index contributed by atoms with van der Waals surface area (Å²) in [6.07, 6.45) is 1.92. The van der Waals surface area contributed by atoms with Crippen LogP contribution in [0.1, 0.15) is 148 Å². The summed E-state index contributed by atoms with van der Waals surface area (Å²) in [5, 5.41) is 2.07. The maximum atomic E-state index is 15.3. The topological polar surface area (TPSA) is 281 Å². The van der Waals surface area contributed by atoms with Crippen LogP contribution >= 0.6 is 0 Å². The van der Waals surface area contributed by atoms with Crippen molar-refractivity contribution in [1.82, 2.24) is 0 Å². The second kappa shape index (κ2) is 20.3. The number of carbonyl (C=O) groups is 10. The highest BCUT2D eigenvalue weighted by Gasteiger charge is 2.80. The Kier molecular flexibility index (Phi) is 13.6. The average Bonchev–Trinajstić information content (AvgIpc) is 1.55. The van der Waals surface area contributed by atoms with Gasteiger partial charge in [0.1, 0.15) is 34.5 Å². The number of fused-ring (bicyclic) bond motifs is 17. The SMILES string of the molecule is CCOC(=O)COc1cc2c(OC(=O)[C@@]34CC[C@@](C)(C(=O)O3)C4(C)C)ccc(OC(=O)[C@@]34CC[C@@](C)(C(=O)O3)C4(C)C)c2c2ccc3ccc4c5c(OC(=O)[C@@]67CC[C@@](C)(C(=O)O6)C7(C)C)ccc(OC(=O)[C@@]67CC[C@@](C)(C(=O)O6)C7(C)C)c5cc(OCC(=O)OCC)c4c3c12. The summed E-state index contributed by atoms with van der Waals surface area (Å²) in [5.41, 5.74) is -15.3. The van der Waals surface area contributed by atoms with Crippen LogP contribution in [0.15, 0.2) is 60.7 Å². The summed E-state index contributed by atoms with van der Waals surface area (Å²) in [4.78, 5) is 142. The van der Waals surface area contributed by atoms with E-state index in [9.17, 15) is 28.8 Å². The van der Waals surface area contributed by atoms with Gasteiger partial charge in [0, 0.05) is 59.4 Å². The van der Waals surface area contributed by atoms with Gasteiger partial charge in [-0.3, -0.25) is 19.2 Å². The van der Waals surface area contributed by atoms with Gasteiger partial charge in [0.05, 0.1) is 34.9 Å². The summed E-state index contributed by atoms with van der Waals surface area (Å²) < 4.78 is 74.2. The molecular weight excluding hydrogens is 1240 g/mol. The molecule has 6 aromatic rings. The molecule has 4 saturated heterocycles. The number of hydrogen-bond acceptors (Lipinski definition) is 22. The van der Waals surface area contributed by atoms with Crippen LogP contribution in [0, 0.1) is 43.3 Å². The number of ether oxygens (including phenoxy) is 12. The lowest BCUT2D eigenvalue weighted by Gasteiger charge is -2.35. The summed E-state index contributed by atoms with van der Waals surface area (Å²) >= 11 is 0. The quantitative estimate of drug-likeness (QED) is 0.0376. The van der Waals surface area contributed by atoms with E-state index in [1.165, 1.54) is 36.4 Å². The summed E-state index contributed by atoms with van der Waals surface area (Å²) in [5.74, 6) is -7.77. The Morgan fingerprint density at radius 1 is 0.344 bits per heavy atom. The number of esters is 10. The first-order valence-electron chi connectivity index (χ1n) is 32.8. The molecule has 0 radical (unpaired) electrons. The fraction of sp³-hybridized carbons (Fsp3) is 0.514. The van der Waals surface area contributed by atoms with E-state index in [0.717, 1.165) is 0 Å². The van der Waals surface area contributed by atoms with E-state index < -0.39 is 139 Å². The predicted molar refractivity (Wildman–Crippen MR) is 341 cm³/mol. The zero-order chi connectivity index (χ0) is 69.1. The van der Waals surface area contributed by atoms with E-state index in [4.69, 9.17) is 56.8 Å². The largest absolute Gasteiger partial charge is 0.481 e. The zero-order valence-corrected chi connectivity index (χ0v) is 56.2. The van der Waals surface area contributed by atoms with Gasteiger partial charge in [-0.15, -0.1) is 0 Å². The molecule has 6 aromatic carbocycles. The Bertz CT molecular complexity index is 4350. The fourth-order valence-electron chi connectivity index (χ4n) is 17.5. The number of carbonyl (C=O) groups excluding carboxylic acids is 10. The molecule has 4 aliphatic carbocycles. The van der Waals surface area contributed by atoms with Crippen molar-refractivity contribution in [2.75, 3.05) is 26.4 Å². The summed E-state index contributed by atoms with van der Waals surface area (Å²) in [6, 6.07) is 15.6. The fourth-order valence-corrected chi connectivity index (χ4v) is 17.5. The molecule has 96 heavy (non-hydrogen) atoms. The minimum atomic E-state index is -1.74. The molecule has 8 aliphatic rings. The lowest BCUT2D eigenvalue weighted by molar-refractivity contribution is -0.176. The Morgan fingerprint density at radius 2 is 0.625 bits per heavy atom. The van der Waals surface area contributed by atoms with E-state index in [-0.39, 0.29) is 122 Å². The monoisotopic (exact) mass is 1320 g/mol. The van der Waals surface area contributed by atoms with Crippen LogP contribution in [0.3, 0.4) is 0 Å². The van der Waals surface area contributed by atoms with Crippen LogP contribution in [0.2, 0.25) is 0 Å². The maximum absolute atomic E-state index is 15.3. The number of benzene rings is 6. The van der Waals surface area contributed by atoms with Crippen molar-refractivity contribution in [3.63, 3.8) is 0 Å². The van der Waals surface area contributed by atoms with Crippen LogP contribution in [0.25, 0.3) is 53.9 Å². The molecule has 8 fully saturated rings. The van der Waals surface area contributed by atoms with Crippen LogP contribution in [-0.4, -0.2) is 109 Å². The van der Waals surface area contributed by atoms with Gasteiger partial charge in [0.2, 0.25) is 22.4 Å². The van der Waals surface area contributed by atoms with Gasteiger partial charge in [-0.05, 0) is 145 Å². The minimum absolute atomic E-state index is 0.0143. The van der Waals surface area contributed by atoms with Gasteiger partial charge in [-0.25, -0.2) is 28.8 Å². The molecular formula is C74H76O22. The Balaban J connectivity index is 1.05. The molecule has 22 heteroatoms. The normalized spacial score (nSPS) is 30.9. The zero-order valence-electron chi connectivity index (χ0n) is 56.2. The van der Waals surface area contributed by atoms with E-state index in [1.807, 2.05) is 0 Å². The van der Waals surface area contributed by atoms with Crippen molar-refractivity contribution in [3.8, 4) is 34.5 Å². The van der Waals surface area contributed by atoms with Crippen molar-refractivity contribution >= 4 is 114 Å². The van der Waals surface area contributed by atoms with Crippen molar-refractivity contribution in [2.45, 2.75) is 171 Å². The number of hydrogen-bond donors (Lipinski definition) is 0. The number of rotatable bonds is 16. The van der Waals surface area contributed by atoms with E-state index in [2.05, 4.69) is 0 Å². The molecule has 504 valence electrons. The third kappa shape index (κ3) is 7.69. The third-order valence-electron chi connectivity index (χ3n) is 25.9. The summed E-state index contributed by atoms with van der Waals surface area (Å²) in [7, 11) is 0. The highest BCUT2D eigenvalue weighted by Crippen LogP contribution is 2.70. The van der Waals surface area contributed by atoms with E-state index in [0.29, 0.717) is 31.1 Å². The Hall–Kier alpha value is -9.08. The first-order valence-corrected chi connectivity index (χ1v) is 32.8. The van der Waals surface area contributed by atoms with Crippen LogP contribution in [0.5, 0.6) is 34.5 Å². The summed E-state index contributed by atoms with van der Waals surface area (Å²) in [6.45, 7) is 23.1. The van der Waals surface area contributed by atoms with Crippen molar-refractivity contribution in [2.24, 2.45) is 43.3 Å². The lowest BCUT2D eigenvalue weighted by Crippen LogP contribution is -2.50. The lowest BCUT2D eigenvalue weighted by atomic mass is 9.66. The molecule has 4 aliphatic heterocycles. The molecule has 0 unspecified atom stereocenters. The van der Waals surface area contributed by atoms with Gasteiger partial charge in [0.15, 0.2) is 13.2 Å². The second-order valence-corrected chi connectivity index (χ2v) is 30.2. The Morgan fingerprint density at radius 3 is 0.885 bits per heavy atom. The average molecular weight is 1320 g/mol. The van der Waals surface area contributed by atoms with Gasteiger partial charge < -0.3 is 56.8 Å². The molecule has 4 saturated carbocycles. The Labute approximate surface area is 551 Å². The maximum Gasteiger partial charge on any atom is 0.356 e. The second-order valence-electron chi connectivity index (χ2n) is 30.2. The first kappa shape index (κ1) is 64.3. The van der Waals surface area contributed by atoms with Crippen molar-refractivity contribution in [3.05, 3.63) is 60.7 Å². The van der Waals surface area contributed by atoms with Gasteiger partial charge in [0.25, 0.3) is 0 Å². The predicted octanol–water partition coefficient (Wildman–Crippen LogP) is 11.4. The van der Waals surface area contributed by atoms with E-state index >= 15 is 19.2 Å². The van der Waals surface area contributed by atoms with Crippen molar-refractivity contribution in [1.29, 1.82) is 0 Å². The van der Waals surface area contributed by atoms with Gasteiger partial charge >= 0.3 is 59.7 Å². The minimum Gasteiger partial charge on any atom is -0.481 e. The molecule has 0 N–H and O–H groups in total. The molecule has 0 spiro atoms.